The zero-order valence-electron chi connectivity index (χ0n) is 19.8. The number of carbonyl (C=O) groups is 2. The number of primary amides is 1. The molecule has 3 aromatic rings. The lowest BCUT2D eigenvalue weighted by Crippen LogP contribution is -2.54. The molecule has 36 heavy (non-hydrogen) atoms. The lowest BCUT2D eigenvalue weighted by molar-refractivity contribution is -0.136. The number of ether oxygens (including phenoxy) is 1. The highest BCUT2D eigenvalue weighted by molar-refractivity contribution is 7.92. The van der Waals surface area contributed by atoms with E-state index in [0.29, 0.717) is 37.4 Å². The van der Waals surface area contributed by atoms with Crippen molar-refractivity contribution in [2.75, 3.05) is 42.6 Å². The van der Waals surface area contributed by atoms with Gasteiger partial charge in [-0.05, 0) is 46.8 Å². The van der Waals surface area contributed by atoms with Crippen molar-refractivity contribution < 1.29 is 22.7 Å². The van der Waals surface area contributed by atoms with Crippen LogP contribution >= 0.6 is 11.3 Å². The molecule has 4 rings (SSSR count). The van der Waals surface area contributed by atoms with Gasteiger partial charge in [0.25, 0.3) is 0 Å². The van der Waals surface area contributed by atoms with E-state index in [4.69, 9.17) is 16.2 Å². The molecule has 1 atom stereocenters. The van der Waals surface area contributed by atoms with Crippen LogP contribution in [0.5, 0.6) is 0 Å². The molecule has 0 saturated carbocycles. The van der Waals surface area contributed by atoms with Crippen molar-refractivity contribution in [1.82, 2.24) is 4.90 Å². The summed E-state index contributed by atoms with van der Waals surface area (Å²) >= 11 is 1.52. The van der Waals surface area contributed by atoms with Gasteiger partial charge in [0.15, 0.2) is 0 Å². The van der Waals surface area contributed by atoms with Gasteiger partial charge in [-0.2, -0.15) is 0 Å². The second-order valence-corrected chi connectivity index (χ2v) is 11.3. The molecule has 2 aromatic carbocycles. The van der Waals surface area contributed by atoms with Gasteiger partial charge in [-0.1, -0.05) is 24.3 Å². The molecule has 4 N–H and O–H groups in total. The molecule has 11 heteroatoms. The molecule has 0 radical (unpaired) electrons. The molecule has 9 nitrogen and oxygen atoms in total. The predicted molar refractivity (Wildman–Crippen MR) is 141 cm³/mol. The molecule has 1 saturated heterocycles. The number of hydrogen-bond donors (Lipinski definition) is 2. The van der Waals surface area contributed by atoms with E-state index >= 15 is 0 Å². The Bertz CT molecular complexity index is 1340. The van der Waals surface area contributed by atoms with E-state index in [9.17, 15) is 18.0 Å². The van der Waals surface area contributed by atoms with Gasteiger partial charge in [0.2, 0.25) is 21.8 Å². The summed E-state index contributed by atoms with van der Waals surface area (Å²) in [5.74, 6) is -0.915. The van der Waals surface area contributed by atoms with Crippen LogP contribution in [-0.2, 0) is 26.0 Å². The number of nitrogen functional groups attached to an aromatic ring is 1. The molecular weight excluding hydrogens is 500 g/mol. The van der Waals surface area contributed by atoms with Crippen molar-refractivity contribution in [3.05, 3.63) is 71.1 Å². The van der Waals surface area contributed by atoms with Crippen molar-refractivity contribution >= 4 is 44.5 Å². The Morgan fingerprint density at radius 3 is 2.39 bits per heavy atom. The minimum atomic E-state index is -3.95. The Hall–Kier alpha value is -3.41. The van der Waals surface area contributed by atoms with Crippen molar-refractivity contribution in [2.24, 2.45) is 5.73 Å². The van der Waals surface area contributed by atoms with E-state index in [1.54, 1.807) is 41.3 Å². The number of nitrogens with zero attached hydrogens (tertiary/aromatic N) is 2. The maximum absolute atomic E-state index is 13.8. The number of rotatable bonds is 8. The van der Waals surface area contributed by atoms with Crippen LogP contribution in [0.15, 0.2) is 60.0 Å². The molecular formula is C25H28N4O5S2. The number of morpholine rings is 1. The van der Waals surface area contributed by atoms with Crippen LogP contribution in [0.4, 0.5) is 11.4 Å². The minimum absolute atomic E-state index is 0.0744. The summed E-state index contributed by atoms with van der Waals surface area (Å²) in [5, 5.41) is 1.93. The molecule has 0 unspecified atom stereocenters. The van der Waals surface area contributed by atoms with Crippen molar-refractivity contribution in [3.63, 3.8) is 0 Å². The SMILES string of the molecule is CS(=O)(=O)N(c1cc(-c2cccs2)ccc1N)[C@@H](Cc1ccc(C(N)=O)cc1)C(=O)N1CCOCC1. The Morgan fingerprint density at radius 1 is 1.11 bits per heavy atom. The van der Waals surface area contributed by atoms with E-state index < -0.39 is 22.0 Å². The average molecular weight is 529 g/mol. The molecule has 2 heterocycles. The molecule has 0 spiro atoms. The zero-order chi connectivity index (χ0) is 25.9. The fourth-order valence-corrected chi connectivity index (χ4v) is 6.07. The van der Waals surface area contributed by atoms with Crippen molar-refractivity contribution in [1.29, 1.82) is 0 Å². The third-order valence-corrected chi connectivity index (χ3v) is 8.07. The Kier molecular flexibility index (Phi) is 7.62. The minimum Gasteiger partial charge on any atom is -0.397 e. The lowest BCUT2D eigenvalue weighted by atomic mass is 10.0. The van der Waals surface area contributed by atoms with E-state index in [1.165, 1.54) is 11.3 Å². The standard InChI is InChI=1S/C25H28N4O5S2/c1-36(32,33)29(21-16-19(8-9-20(21)26)23-3-2-14-35-23)22(25(31)28-10-12-34-13-11-28)15-17-4-6-18(7-5-17)24(27)30/h2-9,14,16,22H,10-13,15,26H2,1H3,(H2,27,30)/t22-/m0/s1. The van der Waals surface area contributed by atoms with Crippen LogP contribution in [0, 0.1) is 0 Å². The third kappa shape index (κ3) is 5.69. The summed E-state index contributed by atoms with van der Waals surface area (Å²) in [5.41, 5.74) is 13.9. The smallest absolute Gasteiger partial charge is 0.248 e. The van der Waals surface area contributed by atoms with Crippen LogP contribution in [0.2, 0.25) is 0 Å². The van der Waals surface area contributed by atoms with E-state index in [-0.39, 0.29) is 23.7 Å². The number of thiophene rings is 1. The summed E-state index contributed by atoms with van der Waals surface area (Å²) in [6.07, 6.45) is 1.14. The van der Waals surface area contributed by atoms with Gasteiger partial charge in [-0.15, -0.1) is 11.3 Å². The molecule has 0 bridgehead atoms. The Morgan fingerprint density at radius 2 is 1.81 bits per heavy atom. The van der Waals surface area contributed by atoms with Crippen molar-refractivity contribution in [2.45, 2.75) is 12.5 Å². The normalized spacial score (nSPS) is 14.9. The van der Waals surface area contributed by atoms with Gasteiger partial charge in [-0.3, -0.25) is 13.9 Å². The summed E-state index contributed by atoms with van der Waals surface area (Å²) in [6.45, 7) is 1.47. The Balaban J connectivity index is 1.81. The molecule has 1 aliphatic rings. The molecule has 1 aliphatic heterocycles. The summed E-state index contributed by atoms with van der Waals surface area (Å²) in [7, 11) is -3.95. The maximum atomic E-state index is 13.8. The first kappa shape index (κ1) is 25.7. The Labute approximate surface area is 214 Å². The van der Waals surface area contributed by atoms with Crippen LogP contribution in [0.25, 0.3) is 10.4 Å². The van der Waals surface area contributed by atoms with Gasteiger partial charge >= 0.3 is 0 Å². The zero-order valence-corrected chi connectivity index (χ0v) is 21.4. The maximum Gasteiger partial charge on any atom is 0.248 e. The predicted octanol–water partition coefficient (Wildman–Crippen LogP) is 2.33. The number of anilines is 2. The fraction of sp³-hybridized carbons (Fsp3) is 0.280. The second kappa shape index (κ2) is 10.7. The van der Waals surface area contributed by atoms with Crippen LogP contribution in [0.1, 0.15) is 15.9 Å². The largest absolute Gasteiger partial charge is 0.397 e. The van der Waals surface area contributed by atoms with E-state index in [0.717, 1.165) is 21.0 Å². The number of hydrogen-bond acceptors (Lipinski definition) is 7. The summed E-state index contributed by atoms with van der Waals surface area (Å²) in [6, 6.07) is 14.4. The number of carbonyl (C=O) groups excluding carboxylic acids is 2. The highest BCUT2D eigenvalue weighted by Gasteiger charge is 2.37. The highest BCUT2D eigenvalue weighted by atomic mass is 32.2. The summed E-state index contributed by atoms with van der Waals surface area (Å²) < 4.78 is 33.0. The first-order valence-corrected chi connectivity index (χ1v) is 14.1. The topological polar surface area (TPSA) is 136 Å². The van der Waals surface area contributed by atoms with Crippen LogP contribution in [-0.4, -0.2) is 63.7 Å². The van der Waals surface area contributed by atoms with Gasteiger partial charge in [-0.25, -0.2) is 8.42 Å². The van der Waals surface area contributed by atoms with Gasteiger partial charge < -0.3 is 21.1 Å². The van der Waals surface area contributed by atoms with Gasteiger partial charge in [0.05, 0.1) is 30.8 Å². The number of nitrogens with two attached hydrogens (primary N) is 2. The van der Waals surface area contributed by atoms with Crippen LogP contribution < -0.4 is 15.8 Å². The molecule has 190 valence electrons. The first-order chi connectivity index (χ1) is 17.1. The molecule has 1 fully saturated rings. The second-order valence-electron chi connectivity index (χ2n) is 8.53. The quantitative estimate of drug-likeness (QED) is 0.431. The van der Waals surface area contributed by atoms with Crippen molar-refractivity contribution in [3.8, 4) is 10.4 Å². The number of benzene rings is 2. The number of sulfonamides is 1. The average Bonchev–Trinajstić information content (AvgIpc) is 3.39. The number of amides is 2. The monoisotopic (exact) mass is 528 g/mol. The first-order valence-electron chi connectivity index (χ1n) is 11.3. The van der Waals surface area contributed by atoms with E-state index in [2.05, 4.69) is 0 Å². The van der Waals surface area contributed by atoms with Gasteiger partial charge in [0.1, 0.15) is 6.04 Å². The summed E-state index contributed by atoms with van der Waals surface area (Å²) in [4.78, 5) is 27.9. The van der Waals surface area contributed by atoms with Crippen LogP contribution in [0.3, 0.4) is 0 Å². The third-order valence-electron chi connectivity index (χ3n) is 5.99. The highest BCUT2D eigenvalue weighted by Crippen LogP contribution is 2.35. The van der Waals surface area contributed by atoms with Gasteiger partial charge in [0, 0.05) is 30.0 Å². The fourth-order valence-electron chi connectivity index (χ4n) is 4.20. The molecule has 2 amide bonds. The lowest BCUT2D eigenvalue weighted by Gasteiger charge is -2.36. The molecule has 1 aromatic heterocycles. The van der Waals surface area contributed by atoms with E-state index in [1.807, 2.05) is 23.6 Å². The molecule has 0 aliphatic carbocycles.